The summed E-state index contributed by atoms with van der Waals surface area (Å²) in [5.41, 5.74) is 0. The van der Waals surface area contributed by atoms with Gasteiger partial charge in [0.25, 0.3) is 0 Å². The number of halogens is 2. The highest BCUT2D eigenvalue weighted by Gasteiger charge is 2.43. The van der Waals surface area contributed by atoms with Crippen molar-refractivity contribution in [2.24, 2.45) is 22.9 Å². The van der Waals surface area contributed by atoms with Crippen molar-refractivity contribution in [3.8, 4) is 0 Å². The molecule has 0 aromatic carbocycles. The van der Waals surface area contributed by atoms with E-state index in [4.69, 9.17) is 5.14 Å². The van der Waals surface area contributed by atoms with Crippen LogP contribution in [-0.2, 0) is 29.6 Å². The van der Waals surface area contributed by atoms with Crippen molar-refractivity contribution >= 4 is 31.9 Å². The fourth-order valence-corrected chi connectivity index (χ4v) is 8.36. The molecule has 12 nitrogen and oxygen atoms in total. The SMILES string of the molecule is CCCN(CC(O)C(CC1CC(F)CC(F)C1)NC(=O)C1CC(C(=O)N(CCC)CCC)CC(S(N)(=O)=O)C1)NS(=O)(=O)C(C)C. The zero-order valence-electron chi connectivity index (χ0n) is 28.0. The van der Waals surface area contributed by atoms with E-state index in [0.29, 0.717) is 32.4 Å². The number of hydrazine groups is 1. The van der Waals surface area contributed by atoms with Gasteiger partial charge in [0.1, 0.15) is 12.3 Å². The third-order valence-electron chi connectivity index (χ3n) is 8.99. The number of nitrogens with two attached hydrogens (primary N) is 1. The van der Waals surface area contributed by atoms with Gasteiger partial charge in [0.05, 0.1) is 22.6 Å². The van der Waals surface area contributed by atoms with Crippen molar-refractivity contribution in [1.29, 1.82) is 0 Å². The summed E-state index contributed by atoms with van der Waals surface area (Å²) in [6.07, 6.45) is -2.23. The zero-order valence-corrected chi connectivity index (χ0v) is 29.7. The molecule has 2 fully saturated rings. The molecular weight excluding hydrogens is 644 g/mol. The van der Waals surface area contributed by atoms with Crippen LogP contribution in [0.3, 0.4) is 0 Å². The van der Waals surface area contributed by atoms with E-state index in [9.17, 15) is 40.3 Å². The van der Waals surface area contributed by atoms with Gasteiger partial charge in [0.2, 0.25) is 31.9 Å². The first-order chi connectivity index (χ1) is 21.4. The standard InChI is InChI=1S/C30H57F2N5O7S2/c1-6-9-36(10-7-2)30(40)23-15-22(16-26(17-23)45(33,41)42)29(39)34-27(14-21-12-24(31)18-25(32)13-21)28(38)19-37(11-8-3)35-46(43,44)20(4)5/h20-28,35,38H,6-19H2,1-5H3,(H,34,39)(H2,33,41,42). The predicted molar refractivity (Wildman–Crippen MR) is 174 cm³/mol. The van der Waals surface area contributed by atoms with Crippen molar-refractivity contribution < 1.29 is 40.3 Å². The first-order valence-electron chi connectivity index (χ1n) is 16.7. The first-order valence-corrected chi connectivity index (χ1v) is 19.9. The second-order valence-electron chi connectivity index (χ2n) is 13.5. The molecule has 46 heavy (non-hydrogen) atoms. The van der Waals surface area contributed by atoms with Gasteiger partial charge in [-0.2, -0.15) is 0 Å². The van der Waals surface area contributed by atoms with Gasteiger partial charge in [0, 0.05) is 44.4 Å². The molecule has 0 aromatic heterocycles. The number of sulfonamides is 2. The quantitative estimate of drug-likeness (QED) is 0.157. The molecular formula is C30H57F2N5O7S2. The minimum absolute atomic E-state index is 0.00273. The minimum atomic E-state index is -4.09. The topological polar surface area (TPSA) is 179 Å². The lowest BCUT2D eigenvalue weighted by Gasteiger charge is -2.37. The lowest BCUT2D eigenvalue weighted by atomic mass is 9.79. The Kier molecular flexibility index (Phi) is 16.2. The van der Waals surface area contributed by atoms with Gasteiger partial charge in [-0.15, -0.1) is 4.83 Å². The molecule has 2 rings (SSSR count). The first kappa shape index (κ1) is 40.7. The third-order valence-corrected chi connectivity index (χ3v) is 12.1. The molecule has 2 aliphatic carbocycles. The van der Waals surface area contributed by atoms with Crippen LogP contribution < -0.4 is 15.3 Å². The van der Waals surface area contributed by atoms with E-state index in [1.165, 1.54) is 18.9 Å². The van der Waals surface area contributed by atoms with E-state index in [1.54, 1.807) is 4.90 Å². The molecule has 0 aliphatic heterocycles. The largest absolute Gasteiger partial charge is 0.390 e. The van der Waals surface area contributed by atoms with Crippen LogP contribution in [0.2, 0.25) is 0 Å². The molecule has 0 heterocycles. The van der Waals surface area contributed by atoms with E-state index in [2.05, 4.69) is 10.1 Å². The molecule has 2 amide bonds. The molecule has 7 atom stereocenters. The average molecular weight is 702 g/mol. The highest BCUT2D eigenvalue weighted by Crippen LogP contribution is 2.35. The lowest BCUT2D eigenvalue weighted by molar-refractivity contribution is -0.138. The molecule has 0 saturated heterocycles. The number of nitrogens with zero attached hydrogens (tertiary/aromatic N) is 2. The van der Waals surface area contributed by atoms with Gasteiger partial charge < -0.3 is 15.3 Å². The van der Waals surface area contributed by atoms with Crippen LogP contribution in [0.25, 0.3) is 0 Å². The maximum atomic E-state index is 14.3. The molecule has 0 bridgehead atoms. The number of aliphatic hydroxyl groups excluding tert-OH is 1. The molecule has 0 spiro atoms. The number of carbonyl (C=O) groups is 2. The second kappa shape index (κ2) is 18.3. The van der Waals surface area contributed by atoms with Crippen LogP contribution in [0.4, 0.5) is 8.78 Å². The van der Waals surface area contributed by atoms with Gasteiger partial charge in [0.15, 0.2) is 0 Å². The summed E-state index contributed by atoms with van der Waals surface area (Å²) in [5, 5.41) is 19.2. The Hall–Kier alpha value is -1.46. The summed E-state index contributed by atoms with van der Waals surface area (Å²) in [7, 11) is -7.84. The van der Waals surface area contributed by atoms with Crippen molar-refractivity contribution in [2.75, 3.05) is 26.2 Å². The van der Waals surface area contributed by atoms with E-state index in [0.717, 1.165) is 0 Å². The fourth-order valence-electron chi connectivity index (χ4n) is 6.62. The summed E-state index contributed by atoms with van der Waals surface area (Å²) in [6.45, 7) is 9.74. The van der Waals surface area contributed by atoms with Gasteiger partial charge in [-0.25, -0.2) is 35.8 Å². The molecule has 16 heteroatoms. The zero-order chi connectivity index (χ0) is 34.8. The van der Waals surface area contributed by atoms with Crippen LogP contribution in [0.1, 0.15) is 98.8 Å². The predicted octanol–water partition coefficient (Wildman–Crippen LogP) is 2.38. The number of hydrogen-bond acceptors (Lipinski definition) is 8. The fraction of sp³-hybridized carbons (Fsp3) is 0.933. The molecule has 270 valence electrons. The number of nitrogens with one attached hydrogen (secondary N) is 2. The monoisotopic (exact) mass is 701 g/mol. The van der Waals surface area contributed by atoms with Gasteiger partial charge in [-0.05, 0) is 77.6 Å². The maximum absolute atomic E-state index is 14.3. The van der Waals surface area contributed by atoms with Crippen molar-refractivity contribution in [3.63, 3.8) is 0 Å². The van der Waals surface area contributed by atoms with Crippen LogP contribution in [0, 0.1) is 17.8 Å². The second-order valence-corrected chi connectivity index (χ2v) is 17.5. The number of amides is 2. The number of rotatable bonds is 18. The van der Waals surface area contributed by atoms with E-state index in [1.807, 2.05) is 20.8 Å². The van der Waals surface area contributed by atoms with Crippen molar-refractivity contribution in [3.05, 3.63) is 0 Å². The Balaban J connectivity index is 2.35. The smallest absolute Gasteiger partial charge is 0.226 e. The molecule has 7 unspecified atom stereocenters. The van der Waals surface area contributed by atoms with Crippen LogP contribution >= 0.6 is 0 Å². The van der Waals surface area contributed by atoms with Crippen molar-refractivity contribution in [2.45, 2.75) is 134 Å². The highest BCUT2D eigenvalue weighted by atomic mass is 32.2. The average Bonchev–Trinajstić information content (AvgIpc) is 2.94. The van der Waals surface area contributed by atoms with Crippen molar-refractivity contribution in [1.82, 2.24) is 20.1 Å². The Morgan fingerprint density at radius 1 is 0.870 bits per heavy atom. The van der Waals surface area contributed by atoms with E-state index in [-0.39, 0.29) is 63.9 Å². The molecule has 2 saturated carbocycles. The number of aliphatic hydroxyl groups is 1. The maximum Gasteiger partial charge on any atom is 0.226 e. The summed E-state index contributed by atoms with van der Waals surface area (Å²) < 4.78 is 78.8. The summed E-state index contributed by atoms with van der Waals surface area (Å²) in [6, 6.07) is -1.03. The number of carbonyl (C=O) groups excluding carboxylic acids is 2. The van der Waals surface area contributed by atoms with Crippen LogP contribution in [0.15, 0.2) is 0 Å². The Morgan fingerprint density at radius 2 is 1.41 bits per heavy atom. The number of primary sulfonamides is 1. The van der Waals surface area contributed by atoms with Gasteiger partial charge in [-0.1, -0.05) is 20.8 Å². The third kappa shape index (κ3) is 12.5. The summed E-state index contributed by atoms with van der Waals surface area (Å²) in [5.74, 6) is -3.00. The summed E-state index contributed by atoms with van der Waals surface area (Å²) >= 11 is 0. The van der Waals surface area contributed by atoms with E-state index < -0.39 is 78.7 Å². The minimum Gasteiger partial charge on any atom is -0.390 e. The van der Waals surface area contributed by atoms with Gasteiger partial charge in [-0.3, -0.25) is 9.59 Å². The Labute approximate surface area is 274 Å². The number of alkyl halides is 2. The molecule has 5 N–H and O–H groups in total. The normalized spacial score (nSPS) is 27.4. The van der Waals surface area contributed by atoms with Crippen LogP contribution in [0.5, 0.6) is 0 Å². The van der Waals surface area contributed by atoms with E-state index >= 15 is 0 Å². The molecule has 0 radical (unpaired) electrons. The summed E-state index contributed by atoms with van der Waals surface area (Å²) in [4.78, 5) is 31.5. The molecule has 2 aliphatic rings. The van der Waals surface area contributed by atoms with Gasteiger partial charge >= 0.3 is 0 Å². The Bertz CT molecular complexity index is 1180. The lowest BCUT2D eigenvalue weighted by Crippen LogP contribution is -2.55. The van der Waals surface area contributed by atoms with Crippen LogP contribution in [-0.4, -0.2) is 105 Å². The number of hydrogen-bond donors (Lipinski definition) is 4. The molecule has 0 aromatic rings. The highest BCUT2D eigenvalue weighted by molar-refractivity contribution is 7.90. The Morgan fingerprint density at radius 3 is 1.91 bits per heavy atom.